The molecule has 14 heavy (non-hydrogen) atoms. The van der Waals surface area contributed by atoms with Crippen molar-refractivity contribution in [2.24, 2.45) is 11.8 Å². The lowest BCUT2D eigenvalue weighted by Gasteiger charge is -2.40. The van der Waals surface area contributed by atoms with Gasteiger partial charge in [0.25, 0.3) is 0 Å². The van der Waals surface area contributed by atoms with Crippen LogP contribution in [0, 0.1) is 11.8 Å². The van der Waals surface area contributed by atoms with Crippen LogP contribution in [0.3, 0.4) is 0 Å². The molecule has 2 aliphatic rings. The van der Waals surface area contributed by atoms with Crippen LogP contribution in [0.4, 0.5) is 0 Å². The van der Waals surface area contributed by atoms with E-state index in [1.807, 2.05) is 0 Å². The molecule has 2 nitrogen and oxygen atoms in total. The van der Waals surface area contributed by atoms with Gasteiger partial charge in [0.05, 0.1) is 12.2 Å². The third kappa shape index (κ3) is 2.29. The van der Waals surface area contributed by atoms with Gasteiger partial charge in [-0.05, 0) is 57.3 Å². The molecule has 0 aliphatic heterocycles. The Morgan fingerprint density at radius 1 is 1.07 bits per heavy atom. The zero-order chi connectivity index (χ0) is 9.97. The van der Waals surface area contributed by atoms with Crippen molar-refractivity contribution in [2.75, 3.05) is 6.61 Å². The molecular weight excluding hydrogens is 176 g/mol. The predicted molar refractivity (Wildman–Crippen MR) is 56.1 cm³/mol. The van der Waals surface area contributed by atoms with Gasteiger partial charge in [0, 0.05) is 6.61 Å². The minimum atomic E-state index is -0.0309. The maximum Gasteiger partial charge on any atom is 0.0577 e. The Balaban J connectivity index is 1.86. The van der Waals surface area contributed by atoms with Crippen molar-refractivity contribution in [1.29, 1.82) is 0 Å². The van der Waals surface area contributed by atoms with Crippen LogP contribution >= 0.6 is 0 Å². The summed E-state index contributed by atoms with van der Waals surface area (Å²) in [5, 5.41) is 9.62. The third-order valence-electron chi connectivity index (χ3n) is 3.94. The highest BCUT2D eigenvalue weighted by Crippen LogP contribution is 2.41. The molecule has 0 radical (unpaired) electrons. The average Bonchev–Trinajstić information content (AvgIpc) is 2.17. The molecule has 0 amide bonds. The molecule has 0 bridgehead atoms. The third-order valence-corrected chi connectivity index (χ3v) is 3.94. The van der Waals surface area contributed by atoms with Crippen molar-refractivity contribution in [3.05, 3.63) is 0 Å². The van der Waals surface area contributed by atoms with Crippen molar-refractivity contribution < 1.29 is 9.84 Å². The second-order valence-corrected chi connectivity index (χ2v) is 4.88. The second-order valence-electron chi connectivity index (χ2n) is 4.88. The molecule has 0 spiro atoms. The van der Waals surface area contributed by atoms with Crippen LogP contribution in [0.5, 0.6) is 0 Å². The lowest BCUT2D eigenvalue weighted by molar-refractivity contribution is -0.0289. The Kier molecular flexibility index (Phi) is 3.45. The zero-order valence-corrected chi connectivity index (χ0v) is 9.11. The van der Waals surface area contributed by atoms with Gasteiger partial charge in [-0.1, -0.05) is 0 Å². The van der Waals surface area contributed by atoms with Crippen molar-refractivity contribution in [3.8, 4) is 0 Å². The van der Waals surface area contributed by atoms with Crippen LogP contribution in [-0.4, -0.2) is 23.9 Å². The second kappa shape index (κ2) is 4.63. The van der Waals surface area contributed by atoms with Crippen molar-refractivity contribution >= 4 is 0 Å². The number of aliphatic hydroxyl groups excluding tert-OH is 1. The Hall–Kier alpha value is -0.0800. The molecule has 0 aromatic rings. The smallest absolute Gasteiger partial charge is 0.0577 e. The lowest BCUT2D eigenvalue weighted by Crippen LogP contribution is -2.35. The quantitative estimate of drug-likeness (QED) is 0.738. The van der Waals surface area contributed by atoms with Gasteiger partial charge in [-0.25, -0.2) is 0 Å². The zero-order valence-electron chi connectivity index (χ0n) is 9.11. The SMILES string of the molecule is CCOC1CCC2CCC(O)CC2C1. The Labute approximate surface area is 86.6 Å². The van der Waals surface area contributed by atoms with Crippen LogP contribution in [0.25, 0.3) is 0 Å². The van der Waals surface area contributed by atoms with E-state index in [0.29, 0.717) is 6.10 Å². The van der Waals surface area contributed by atoms with Gasteiger partial charge >= 0.3 is 0 Å². The molecule has 4 atom stereocenters. The van der Waals surface area contributed by atoms with Gasteiger partial charge in [-0.2, -0.15) is 0 Å². The van der Waals surface area contributed by atoms with E-state index in [4.69, 9.17) is 4.74 Å². The Morgan fingerprint density at radius 3 is 2.64 bits per heavy atom. The molecule has 2 rings (SSSR count). The molecule has 2 saturated carbocycles. The van der Waals surface area contributed by atoms with Crippen molar-refractivity contribution in [1.82, 2.24) is 0 Å². The number of hydrogen-bond donors (Lipinski definition) is 1. The van der Waals surface area contributed by atoms with E-state index >= 15 is 0 Å². The average molecular weight is 198 g/mol. The first kappa shape index (κ1) is 10.4. The molecule has 0 aromatic carbocycles. The van der Waals surface area contributed by atoms with Crippen LogP contribution in [0.1, 0.15) is 45.4 Å². The molecule has 2 heteroatoms. The fourth-order valence-electron chi connectivity index (χ4n) is 3.21. The predicted octanol–water partition coefficient (Wildman–Crippen LogP) is 2.35. The summed E-state index contributed by atoms with van der Waals surface area (Å²) in [5.74, 6) is 1.62. The Morgan fingerprint density at radius 2 is 1.86 bits per heavy atom. The summed E-state index contributed by atoms with van der Waals surface area (Å²) in [7, 11) is 0. The van der Waals surface area contributed by atoms with Crippen LogP contribution in [0.2, 0.25) is 0 Å². The first-order valence-electron chi connectivity index (χ1n) is 6.09. The van der Waals surface area contributed by atoms with E-state index in [0.717, 1.165) is 31.3 Å². The molecular formula is C12H22O2. The molecule has 2 aliphatic carbocycles. The largest absolute Gasteiger partial charge is 0.393 e. The number of aliphatic hydroxyl groups is 1. The maximum atomic E-state index is 9.62. The van der Waals surface area contributed by atoms with E-state index < -0.39 is 0 Å². The molecule has 82 valence electrons. The normalized spacial score (nSPS) is 43.3. The fraction of sp³-hybridized carbons (Fsp3) is 1.00. The molecule has 0 aromatic heterocycles. The standard InChI is InChI=1S/C12H22O2/c1-2-14-12-6-4-9-3-5-11(13)7-10(9)8-12/h9-13H,2-8H2,1H3. The van der Waals surface area contributed by atoms with Gasteiger partial charge < -0.3 is 9.84 Å². The summed E-state index contributed by atoms with van der Waals surface area (Å²) < 4.78 is 5.69. The molecule has 0 heterocycles. The summed E-state index contributed by atoms with van der Waals surface area (Å²) >= 11 is 0. The topological polar surface area (TPSA) is 29.5 Å². The number of rotatable bonds is 2. The molecule has 0 saturated heterocycles. The lowest BCUT2D eigenvalue weighted by atomic mass is 9.69. The van der Waals surface area contributed by atoms with E-state index in [2.05, 4.69) is 6.92 Å². The van der Waals surface area contributed by atoms with E-state index in [1.54, 1.807) is 0 Å². The fourth-order valence-corrected chi connectivity index (χ4v) is 3.21. The van der Waals surface area contributed by atoms with Gasteiger partial charge in [0.1, 0.15) is 0 Å². The number of fused-ring (bicyclic) bond motifs is 1. The van der Waals surface area contributed by atoms with Gasteiger partial charge in [0.15, 0.2) is 0 Å². The van der Waals surface area contributed by atoms with Gasteiger partial charge in [-0.15, -0.1) is 0 Å². The monoisotopic (exact) mass is 198 g/mol. The highest BCUT2D eigenvalue weighted by Gasteiger charge is 2.35. The number of ether oxygens (including phenoxy) is 1. The first-order valence-corrected chi connectivity index (χ1v) is 6.09. The first-order chi connectivity index (χ1) is 6.79. The summed E-state index contributed by atoms with van der Waals surface area (Å²) in [4.78, 5) is 0. The maximum absolute atomic E-state index is 9.62. The van der Waals surface area contributed by atoms with E-state index in [9.17, 15) is 5.11 Å². The minimum Gasteiger partial charge on any atom is -0.393 e. The van der Waals surface area contributed by atoms with Crippen LogP contribution < -0.4 is 0 Å². The highest BCUT2D eigenvalue weighted by molar-refractivity contribution is 4.86. The summed E-state index contributed by atoms with van der Waals surface area (Å²) in [6.45, 7) is 2.91. The minimum absolute atomic E-state index is 0.0309. The summed E-state index contributed by atoms with van der Waals surface area (Å²) in [5.41, 5.74) is 0. The Bertz CT molecular complexity index is 181. The van der Waals surface area contributed by atoms with E-state index in [-0.39, 0.29) is 6.10 Å². The summed E-state index contributed by atoms with van der Waals surface area (Å²) in [6, 6.07) is 0. The van der Waals surface area contributed by atoms with Crippen molar-refractivity contribution in [3.63, 3.8) is 0 Å². The van der Waals surface area contributed by atoms with Crippen LogP contribution in [0.15, 0.2) is 0 Å². The van der Waals surface area contributed by atoms with Crippen LogP contribution in [-0.2, 0) is 4.74 Å². The summed E-state index contributed by atoms with van der Waals surface area (Å²) in [6.07, 6.45) is 7.49. The van der Waals surface area contributed by atoms with Gasteiger partial charge in [-0.3, -0.25) is 0 Å². The van der Waals surface area contributed by atoms with Crippen molar-refractivity contribution in [2.45, 2.75) is 57.7 Å². The highest BCUT2D eigenvalue weighted by atomic mass is 16.5. The van der Waals surface area contributed by atoms with E-state index in [1.165, 1.54) is 25.7 Å². The molecule has 1 N–H and O–H groups in total. The van der Waals surface area contributed by atoms with Gasteiger partial charge in [0.2, 0.25) is 0 Å². The molecule has 2 fully saturated rings. The molecule has 4 unspecified atom stereocenters. The number of hydrogen-bond acceptors (Lipinski definition) is 2.